The monoisotopic (exact) mass is 239 g/mol. The highest BCUT2D eigenvalue weighted by molar-refractivity contribution is 5.15. The van der Waals surface area contributed by atoms with Gasteiger partial charge in [-0.1, -0.05) is 0 Å². The van der Waals surface area contributed by atoms with Gasteiger partial charge in [0.1, 0.15) is 0 Å². The van der Waals surface area contributed by atoms with Gasteiger partial charge in [0.05, 0.1) is 18.3 Å². The van der Waals surface area contributed by atoms with Crippen molar-refractivity contribution in [3.05, 3.63) is 17.5 Å². The summed E-state index contributed by atoms with van der Waals surface area (Å²) in [6.07, 6.45) is 2.11. The van der Waals surface area contributed by atoms with Gasteiger partial charge in [0, 0.05) is 31.0 Å². The standard InChI is InChI=1S/C13H25N3O/c1-10(9-17-6)16-8-12(11(2)15-16)7-14-13(3,4)5/h8,10,14H,7,9H2,1-6H3. The number of nitrogens with zero attached hydrogens (tertiary/aromatic N) is 2. The topological polar surface area (TPSA) is 39.1 Å². The first-order valence-electron chi connectivity index (χ1n) is 6.12. The molecule has 4 heteroatoms. The molecule has 0 spiro atoms. The summed E-state index contributed by atoms with van der Waals surface area (Å²) < 4.78 is 7.13. The van der Waals surface area contributed by atoms with E-state index in [0.29, 0.717) is 6.61 Å². The second-order valence-corrected chi connectivity index (χ2v) is 5.63. The first-order chi connectivity index (χ1) is 7.83. The number of rotatable bonds is 5. The highest BCUT2D eigenvalue weighted by Crippen LogP contribution is 2.12. The van der Waals surface area contributed by atoms with Crippen LogP contribution in [0.4, 0.5) is 0 Å². The van der Waals surface area contributed by atoms with Crippen molar-refractivity contribution in [1.29, 1.82) is 0 Å². The summed E-state index contributed by atoms with van der Waals surface area (Å²) in [6.45, 7) is 12.2. The van der Waals surface area contributed by atoms with Gasteiger partial charge < -0.3 is 10.1 Å². The van der Waals surface area contributed by atoms with Gasteiger partial charge in [0.2, 0.25) is 0 Å². The molecule has 0 bridgehead atoms. The number of aromatic nitrogens is 2. The zero-order valence-corrected chi connectivity index (χ0v) is 11.9. The van der Waals surface area contributed by atoms with Crippen LogP contribution in [0.2, 0.25) is 0 Å². The lowest BCUT2D eigenvalue weighted by molar-refractivity contribution is 0.157. The van der Waals surface area contributed by atoms with Crippen LogP contribution in [-0.4, -0.2) is 29.0 Å². The van der Waals surface area contributed by atoms with E-state index in [4.69, 9.17) is 4.74 Å². The molecule has 0 fully saturated rings. The molecular formula is C13H25N3O. The van der Waals surface area contributed by atoms with Crippen LogP contribution in [0.25, 0.3) is 0 Å². The molecule has 17 heavy (non-hydrogen) atoms. The summed E-state index contributed by atoms with van der Waals surface area (Å²) in [4.78, 5) is 0. The predicted octanol–water partition coefficient (Wildman–Crippen LogP) is 2.29. The van der Waals surface area contributed by atoms with E-state index in [-0.39, 0.29) is 11.6 Å². The van der Waals surface area contributed by atoms with E-state index in [2.05, 4.69) is 51.2 Å². The molecule has 0 radical (unpaired) electrons. The molecule has 0 saturated heterocycles. The molecule has 1 rings (SSSR count). The minimum absolute atomic E-state index is 0.132. The van der Waals surface area contributed by atoms with Crippen molar-refractivity contribution in [1.82, 2.24) is 15.1 Å². The Labute approximate surface area is 104 Å². The van der Waals surface area contributed by atoms with Gasteiger partial charge in [-0.3, -0.25) is 4.68 Å². The van der Waals surface area contributed by atoms with Gasteiger partial charge in [-0.2, -0.15) is 5.10 Å². The van der Waals surface area contributed by atoms with Crippen LogP contribution in [-0.2, 0) is 11.3 Å². The summed E-state index contributed by atoms with van der Waals surface area (Å²) >= 11 is 0. The number of ether oxygens (including phenoxy) is 1. The van der Waals surface area contributed by atoms with Gasteiger partial charge in [0.15, 0.2) is 0 Å². The van der Waals surface area contributed by atoms with Crippen molar-refractivity contribution in [2.24, 2.45) is 0 Å². The molecule has 4 nitrogen and oxygen atoms in total. The van der Waals surface area contributed by atoms with Crippen molar-refractivity contribution < 1.29 is 4.74 Å². The first-order valence-corrected chi connectivity index (χ1v) is 6.12. The van der Waals surface area contributed by atoms with Gasteiger partial charge in [-0.05, 0) is 34.6 Å². The maximum absolute atomic E-state index is 5.14. The Morgan fingerprint density at radius 1 is 1.47 bits per heavy atom. The van der Waals surface area contributed by atoms with Crippen LogP contribution < -0.4 is 5.32 Å². The van der Waals surface area contributed by atoms with Gasteiger partial charge >= 0.3 is 0 Å². The zero-order valence-electron chi connectivity index (χ0n) is 11.9. The Kier molecular flexibility index (Phi) is 4.71. The van der Waals surface area contributed by atoms with Gasteiger partial charge in [-0.15, -0.1) is 0 Å². The van der Waals surface area contributed by atoms with E-state index >= 15 is 0 Å². The lowest BCUT2D eigenvalue weighted by Gasteiger charge is -2.20. The predicted molar refractivity (Wildman–Crippen MR) is 70.1 cm³/mol. The quantitative estimate of drug-likeness (QED) is 0.857. The second kappa shape index (κ2) is 5.65. The van der Waals surface area contributed by atoms with E-state index in [1.54, 1.807) is 7.11 Å². The van der Waals surface area contributed by atoms with Crippen molar-refractivity contribution in [2.75, 3.05) is 13.7 Å². The molecule has 0 aliphatic rings. The largest absolute Gasteiger partial charge is 0.382 e. The summed E-state index contributed by atoms with van der Waals surface area (Å²) in [5.41, 5.74) is 2.47. The van der Waals surface area contributed by atoms with Crippen molar-refractivity contribution >= 4 is 0 Å². The molecule has 0 saturated carbocycles. The highest BCUT2D eigenvalue weighted by Gasteiger charge is 2.13. The van der Waals surface area contributed by atoms with E-state index in [1.165, 1.54) is 5.56 Å². The molecule has 1 heterocycles. The van der Waals surface area contributed by atoms with Gasteiger partial charge in [-0.25, -0.2) is 0 Å². The maximum atomic E-state index is 5.14. The lowest BCUT2D eigenvalue weighted by Crippen LogP contribution is -2.35. The first kappa shape index (κ1) is 14.2. The molecule has 0 aliphatic carbocycles. The second-order valence-electron chi connectivity index (χ2n) is 5.63. The molecule has 1 atom stereocenters. The third-order valence-electron chi connectivity index (χ3n) is 2.69. The smallest absolute Gasteiger partial charge is 0.0724 e. The summed E-state index contributed by atoms with van der Waals surface area (Å²) in [7, 11) is 1.72. The molecule has 0 aliphatic heterocycles. The molecular weight excluding hydrogens is 214 g/mol. The molecule has 0 amide bonds. The molecule has 1 aromatic rings. The fourth-order valence-electron chi connectivity index (χ4n) is 1.60. The maximum Gasteiger partial charge on any atom is 0.0724 e. The van der Waals surface area contributed by atoms with E-state index in [9.17, 15) is 0 Å². The van der Waals surface area contributed by atoms with Gasteiger partial charge in [0.25, 0.3) is 0 Å². The fraction of sp³-hybridized carbons (Fsp3) is 0.769. The molecule has 1 aromatic heterocycles. The normalized spacial score (nSPS) is 14.0. The van der Waals surface area contributed by atoms with Crippen molar-refractivity contribution in [3.63, 3.8) is 0 Å². The minimum Gasteiger partial charge on any atom is -0.382 e. The third kappa shape index (κ3) is 4.48. The number of aryl methyl sites for hydroxylation is 1. The fourth-order valence-corrected chi connectivity index (χ4v) is 1.60. The van der Waals surface area contributed by atoms with Crippen LogP contribution in [0.3, 0.4) is 0 Å². The molecule has 1 N–H and O–H groups in total. The third-order valence-corrected chi connectivity index (χ3v) is 2.69. The highest BCUT2D eigenvalue weighted by atomic mass is 16.5. The Bertz CT molecular complexity index is 352. The van der Waals surface area contributed by atoms with Crippen LogP contribution in [0, 0.1) is 6.92 Å². The Hall–Kier alpha value is -0.870. The van der Waals surface area contributed by atoms with Crippen molar-refractivity contribution in [3.8, 4) is 0 Å². The SMILES string of the molecule is COCC(C)n1cc(CNC(C)(C)C)c(C)n1. The summed E-state index contributed by atoms with van der Waals surface area (Å²) in [6, 6.07) is 0.280. The zero-order chi connectivity index (χ0) is 13.1. The Balaban J connectivity index is 2.68. The Morgan fingerprint density at radius 2 is 2.12 bits per heavy atom. The van der Waals surface area contributed by atoms with Crippen LogP contribution in [0.5, 0.6) is 0 Å². The molecule has 0 aromatic carbocycles. The number of hydrogen-bond donors (Lipinski definition) is 1. The number of hydrogen-bond acceptors (Lipinski definition) is 3. The molecule has 1 unspecified atom stereocenters. The van der Waals surface area contributed by atoms with E-state index in [0.717, 1.165) is 12.2 Å². The minimum atomic E-state index is 0.132. The van der Waals surface area contributed by atoms with Crippen LogP contribution in [0.1, 0.15) is 45.0 Å². The number of methoxy groups -OCH3 is 1. The molecule has 98 valence electrons. The van der Waals surface area contributed by atoms with Crippen LogP contribution in [0.15, 0.2) is 6.20 Å². The van der Waals surface area contributed by atoms with E-state index < -0.39 is 0 Å². The van der Waals surface area contributed by atoms with Crippen LogP contribution >= 0.6 is 0 Å². The van der Waals surface area contributed by atoms with E-state index in [1.807, 2.05) is 4.68 Å². The van der Waals surface area contributed by atoms with Crippen molar-refractivity contribution in [2.45, 2.75) is 52.7 Å². The summed E-state index contributed by atoms with van der Waals surface area (Å²) in [5, 5.41) is 8.01. The number of nitrogens with one attached hydrogen (secondary N) is 1. The summed E-state index contributed by atoms with van der Waals surface area (Å²) in [5.74, 6) is 0. The lowest BCUT2D eigenvalue weighted by atomic mass is 10.1. The average molecular weight is 239 g/mol. The average Bonchev–Trinajstić information content (AvgIpc) is 2.56. The Morgan fingerprint density at radius 3 is 2.65 bits per heavy atom.